The standard InChI is InChI=1S/C24H23ClN8O/c25-18-13-16(7-10-29-24(34)20-22(27)31-33-11-4-9-28-23(20)33)19(15-5-2-1-3-6-15)21-17(18)14-32(30-21)12-8-26/h1-6,9,11,13-14H,7-8,10,12,26H2,(H2,27,31)(H,29,34). The van der Waals surface area contributed by atoms with Crippen LogP contribution in [0.1, 0.15) is 15.9 Å². The van der Waals surface area contributed by atoms with Crippen molar-refractivity contribution in [3.8, 4) is 11.1 Å². The summed E-state index contributed by atoms with van der Waals surface area (Å²) in [7, 11) is 0. The lowest BCUT2D eigenvalue weighted by molar-refractivity contribution is 0.0956. The number of nitrogen functional groups attached to an aromatic ring is 1. The van der Waals surface area contributed by atoms with E-state index < -0.39 is 0 Å². The molecule has 0 aliphatic heterocycles. The zero-order valence-corrected chi connectivity index (χ0v) is 19.0. The monoisotopic (exact) mass is 474 g/mol. The van der Waals surface area contributed by atoms with Crippen LogP contribution in [0.25, 0.3) is 27.7 Å². The smallest absolute Gasteiger partial charge is 0.258 e. The molecule has 0 saturated heterocycles. The van der Waals surface area contributed by atoms with Crippen LogP contribution in [-0.4, -0.2) is 43.4 Å². The van der Waals surface area contributed by atoms with Gasteiger partial charge in [-0.15, -0.1) is 5.10 Å². The second-order valence-corrected chi connectivity index (χ2v) is 8.26. The highest BCUT2D eigenvalue weighted by molar-refractivity contribution is 6.36. The van der Waals surface area contributed by atoms with Gasteiger partial charge in [0.2, 0.25) is 0 Å². The Labute approximate surface area is 200 Å². The maximum absolute atomic E-state index is 12.9. The van der Waals surface area contributed by atoms with Crippen LogP contribution in [0.3, 0.4) is 0 Å². The fourth-order valence-corrected chi connectivity index (χ4v) is 4.40. The first kappa shape index (κ1) is 21.9. The molecule has 0 aliphatic carbocycles. The molecule has 1 amide bonds. The number of nitrogens with two attached hydrogens (primary N) is 2. The first-order chi connectivity index (χ1) is 16.6. The molecule has 0 atom stereocenters. The third-order valence-corrected chi connectivity index (χ3v) is 5.94. The van der Waals surface area contributed by atoms with Gasteiger partial charge >= 0.3 is 0 Å². The summed E-state index contributed by atoms with van der Waals surface area (Å²) in [6.45, 7) is 1.44. The van der Waals surface area contributed by atoms with Gasteiger partial charge in [0, 0.05) is 42.6 Å². The summed E-state index contributed by atoms with van der Waals surface area (Å²) in [6, 6.07) is 13.7. The van der Waals surface area contributed by atoms with E-state index in [1.165, 1.54) is 4.52 Å². The second-order valence-electron chi connectivity index (χ2n) is 7.86. The van der Waals surface area contributed by atoms with E-state index in [-0.39, 0.29) is 17.3 Å². The number of anilines is 1. The maximum atomic E-state index is 12.9. The number of nitrogens with one attached hydrogen (secondary N) is 1. The minimum absolute atomic E-state index is 0.135. The average molecular weight is 475 g/mol. The number of fused-ring (bicyclic) bond motifs is 2. The van der Waals surface area contributed by atoms with E-state index >= 15 is 0 Å². The van der Waals surface area contributed by atoms with Crippen LogP contribution in [-0.2, 0) is 13.0 Å². The Hall–Kier alpha value is -3.95. The maximum Gasteiger partial charge on any atom is 0.258 e. The average Bonchev–Trinajstić information content (AvgIpc) is 3.40. The summed E-state index contributed by atoms with van der Waals surface area (Å²) in [5.41, 5.74) is 16.2. The number of rotatable bonds is 7. The number of hydrogen-bond acceptors (Lipinski definition) is 6. The number of carbonyl (C=O) groups excluding carboxylic acids is 1. The van der Waals surface area contributed by atoms with Gasteiger partial charge in [-0.2, -0.15) is 5.10 Å². The number of amides is 1. The SMILES string of the molecule is NCCn1cc2c(Cl)cc(CCNC(=O)c3c(N)nn4cccnc34)c(-c3ccccc3)c2n1. The van der Waals surface area contributed by atoms with E-state index in [1.807, 2.05) is 47.3 Å². The number of carbonyl (C=O) groups is 1. The van der Waals surface area contributed by atoms with Crippen molar-refractivity contribution >= 4 is 39.9 Å². The normalized spacial score (nSPS) is 11.4. The van der Waals surface area contributed by atoms with Crippen molar-refractivity contribution in [1.82, 2.24) is 29.7 Å². The van der Waals surface area contributed by atoms with Crippen molar-refractivity contribution in [2.45, 2.75) is 13.0 Å². The fourth-order valence-electron chi connectivity index (χ4n) is 4.13. The van der Waals surface area contributed by atoms with E-state index in [4.69, 9.17) is 28.2 Å². The van der Waals surface area contributed by atoms with Gasteiger partial charge in [0.25, 0.3) is 5.91 Å². The lowest BCUT2D eigenvalue weighted by atomic mass is 9.95. The first-order valence-corrected chi connectivity index (χ1v) is 11.3. The molecule has 0 spiro atoms. The van der Waals surface area contributed by atoms with E-state index in [9.17, 15) is 4.79 Å². The summed E-state index contributed by atoms with van der Waals surface area (Å²) >= 11 is 6.64. The molecule has 5 N–H and O–H groups in total. The van der Waals surface area contributed by atoms with Crippen molar-refractivity contribution in [3.05, 3.63) is 77.2 Å². The molecule has 3 aromatic heterocycles. The van der Waals surface area contributed by atoms with Crippen LogP contribution in [0.5, 0.6) is 0 Å². The van der Waals surface area contributed by atoms with Gasteiger partial charge in [0.05, 0.1) is 11.6 Å². The largest absolute Gasteiger partial charge is 0.381 e. The zero-order valence-electron chi connectivity index (χ0n) is 18.3. The van der Waals surface area contributed by atoms with Crippen LogP contribution in [0.4, 0.5) is 5.82 Å². The quantitative estimate of drug-likeness (QED) is 0.332. The molecule has 0 unspecified atom stereocenters. The molecule has 9 nitrogen and oxygen atoms in total. The predicted octanol–water partition coefficient (Wildman–Crippen LogP) is 2.91. The molecule has 34 heavy (non-hydrogen) atoms. The molecule has 5 aromatic rings. The topological polar surface area (TPSA) is 129 Å². The van der Waals surface area contributed by atoms with Gasteiger partial charge in [-0.25, -0.2) is 9.50 Å². The highest BCUT2D eigenvalue weighted by atomic mass is 35.5. The Balaban J connectivity index is 1.46. The number of halogens is 1. The Morgan fingerprint density at radius 1 is 1.15 bits per heavy atom. The lowest BCUT2D eigenvalue weighted by Crippen LogP contribution is -2.26. The van der Waals surface area contributed by atoms with Gasteiger partial charge in [-0.05, 0) is 29.7 Å². The van der Waals surface area contributed by atoms with Gasteiger partial charge in [-0.3, -0.25) is 9.48 Å². The molecular formula is C24H23ClN8O. The second kappa shape index (κ2) is 9.12. The summed E-state index contributed by atoms with van der Waals surface area (Å²) in [5, 5.41) is 13.3. The molecule has 2 aromatic carbocycles. The summed E-state index contributed by atoms with van der Waals surface area (Å²) in [5.74, 6) is -0.192. The third kappa shape index (κ3) is 3.95. The molecule has 5 rings (SSSR count). The first-order valence-electron chi connectivity index (χ1n) is 10.9. The van der Waals surface area contributed by atoms with E-state index in [0.717, 1.165) is 27.6 Å². The van der Waals surface area contributed by atoms with Gasteiger partial charge in [0.15, 0.2) is 11.5 Å². The Kier molecular flexibility index (Phi) is 5.87. The number of hydrogen-bond donors (Lipinski definition) is 3. The lowest BCUT2D eigenvalue weighted by Gasteiger charge is -2.13. The third-order valence-electron chi connectivity index (χ3n) is 5.63. The van der Waals surface area contributed by atoms with Crippen molar-refractivity contribution in [1.29, 1.82) is 0 Å². The fraction of sp³-hybridized carbons (Fsp3) is 0.167. The number of benzene rings is 2. The number of aromatic nitrogens is 5. The molecule has 0 saturated carbocycles. The highest BCUT2D eigenvalue weighted by Crippen LogP contribution is 2.36. The highest BCUT2D eigenvalue weighted by Gasteiger charge is 2.20. The minimum atomic E-state index is -0.327. The van der Waals surface area contributed by atoms with Crippen LogP contribution >= 0.6 is 11.6 Å². The van der Waals surface area contributed by atoms with Crippen LogP contribution in [0.15, 0.2) is 61.1 Å². The predicted molar refractivity (Wildman–Crippen MR) is 133 cm³/mol. The molecular weight excluding hydrogens is 452 g/mol. The molecule has 3 heterocycles. The summed E-state index contributed by atoms with van der Waals surface area (Å²) in [4.78, 5) is 17.1. The van der Waals surface area contributed by atoms with Crippen molar-refractivity contribution < 1.29 is 4.79 Å². The van der Waals surface area contributed by atoms with Crippen LogP contribution < -0.4 is 16.8 Å². The molecule has 0 bridgehead atoms. The molecule has 0 radical (unpaired) electrons. The van der Waals surface area contributed by atoms with E-state index in [2.05, 4.69) is 15.4 Å². The molecule has 0 aliphatic rings. The van der Waals surface area contributed by atoms with Crippen molar-refractivity contribution in [3.63, 3.8) is 0 Å². The Bertz CT molecular complexity index is 1490. The molecule has 10 heteroatoms. The van der Waals surface area contributed by atoms with E-state index in [0.29, 0.717) is 36.7 Å². The van der Waals surface area contributed by atoms with Crippen molar-refractivity contribution in [2.24, 2.45) is 5.73 Å². The van der Waals surface area contributed by atoms with Gasteiger partial charge < -0.3 is 16.8 Å². The number of nitrogens with zero attached hydrogens (tertiary/aromatic N) is 5. The summed E-state index contributed by atoms with van der Waals surface area (Å²) < 4.78 is 3.30. The summed E-state index contributed by atoms with van der Waals surface area (Å²) in [6.07, 6.45) is 5.76. The van der Waals surface area contributed by atoms with Gasteiger partial charge in [0.1, 0.15) is 11.1 Å². The minimum Gasteiger partial charge on any atom is -0.381 e. The Morgan fingerprint density at radius 2 is 1.97 bits per heavy atom. The van der Waals surface area contributed by atoms with Crippen LogP contribution in [0.2, 0.25) is 5.02 Å². The van der Waals surface area contributed by atoms with E-state index in [1.54, 1.807) is 18.5 Å². The van der Waals surface area contributed by atoms with Gasteiger partial charge in [-0.1, -0.05) is 41.9 Å². The van der Waals surface area contributed by atoms with Crippen LogP contribution in [0, 0.1) is 0 Å². The molecule has 172 valence electrons. The van der Waals surface area contributed by atoms with Crippen molar-refractivity contribution in [2.75, 3.05) is 18.8 Å². The zero-order chi connectivity index (χ0) is 23.7. The molecule has 0 fully saturated rings. The Morgan fingerprint density at radius 3 is 2.76 bits per heavy atom.